The highest BCUT2D eigenvalue weighted by Gasteiger charge is 2.23. The lowest BCUT2D eigenvalue weighted by molar-refractivity contribution is 0.156. The first-order valence-electron chi connectivity index (χ1n) is 9.94. The summed E-state index contributed by atoms with van der Waals surface area (Å²) >= 11 is 0. The zero-order chi connectivity index (χ0) is 20.9. The van der Waals surface area contributed by atoms with Crippen molar-refractivity contribution in [2.45, 2.75) is 31.8 Å². The Morgan fingerprint density at radius 3 is 2.77 bits per heavy atom. The Kier molecular flexibility index (Phi) is 5.74. The van der Waals surface area contributed by atoms with Crippen LogP contribution in [0, 0.1) is 0 Å². The molecule has 0 aliphatic carbocycles. The lowest BCUT2D eigenvalue weighted by Gasteiger charge is -2.33. The molecular formula is C22H23N5O3. The first kappa shape index (κ1) is 19.6. The van der Waals surface area contributed by atoms with E-state index >= 15 is 0 Å². The second kappa shape index (κ2) is 8.77. The second-order valence-corrected chi connectivity index (χ2v) is 7.27. The number of aromatic nitrogens is 3. The van der Waals surface area contributed by atoms with Crippen molar-refractivity contribution in [1.82, 2.24) is 19.5 Å². The number of hydrogen-bond donors (Lipinski definition) is 2. The summed E-state index contributed by atoms with van der Waals surface area (Å²) in [4.78, 5) is 31.0. The molecule has 3 heterocycles. The molecule has 3 aromatic rings. The summed E-state index contributed by atoms with van der Waals surface area (Å²) in [6, 6.07) is 13.2. The van der Waals surface area contributed by atoms with Crippen LogP contribution >= 0.6 is 0 Å². The van der Waals surface area contributed by atoms with Crippen LogP contribution in [0.4, 0.5) is 0 Å². The molecule has 1 aliphatic heterocycles. The van der Waals surface area contributed by atoms with Gasteiger partial charge in [0.25, 0.3) is 5.56 Å². The maximum atomic E-state index is 12.3. The zero-order valence-electron chi connectivity index (χ0n) is 16.4. The fourth-order valence-electron chi connectivity index (χ4n) is 3.70. The molecule has 2 aromatic heterocycles. The minimum Gasteiger partial charge on any atom is -0.494 e. The fourth-order valence-corrected chi connectivity index (χ4v) is 3.70. The number of hydrogen-bond acceptors (Lipinski definition) is 6. The van der Waals surface area contributed by atoms with Gasteiger partial charge in [0, 0.05) is 18.9 Å². The fraction of sp³-hybridized carbons (Fsp3) is 0.273. The predicted molar refractivity (Wildman–Crippen MR) is 114 cm³/mol. The van der Waals surface area contributed by atoms with Crippen molar-refractivity contribution >= 4 is 6.21 Å². The van der Waals surface area contributed by atoms with Crippen LogP contribution in [0.2, 0.25) is 0 Å². The summed E-state index contributed by atoms with van der Waals surface area (Å²) in [7, 11) is 0. The molecule has 0 radical (unpaired) electrons. The highest BCUT2D eigenvalue weighted by atomic mass is 16.3. The molecule has 154 valence electrons. The van der Waals surface area contributed by atoms with Crippen LogP contribution in [-0.4, -0.2) is 37.4 Å². The Morgan fingerprint density at radius 1 is 1.17 bits per heavy atom. The molecule has 1 atom stereocenters. The van der Waals surface area contributed by atoms with Crippen LogP contribution in [0.3, 0.4) is 0 Å². The molecule has 8 heteroatoms. The molecule has 0 spiro atoms. The number of pyridine rings is 1. The number of rotatable bonds is 5. The molecule has 1 unspecified atom stereocenters. The Hall–Kier alpha value is -3.68. The van der Waals surface area contributed by atoms with E-state index in [1.54, 1.807) is 6.20 Å². The van der Waals surface area contributed by atoms with Crippen molar-refractivity contribution in [1.29, 1.82) is 0 Å². The van der Waals surface area contributed by atoms with E-state index in [0.29, 0.717) is 0 Å². The summed E-state index contributed by atoms with van der Waals surface area (Å²) in [5.74, 6) is -0.397. The Balaban J connectivity index is 1.65. The molecule has 2 N–H and O–H groups in total. The molecule has 4 rings (SSSR count). The van der Waals surface area contributed by atoms with Gasteiger partial charge in [-0.1, -0.05) is 36.4 Å². The maximum Gasteiger partial charge on any atom is 0.331 e. The Labute approximate surface area is 173 Å². The predicted octanol–water partition coefficient (Wildman–Crippen LogP) is 2.25. The minimum absolute atomic E-state index is 0.0407. The van der Waals surface area contributed by atoms with Crippen molar-refractivity contribution in [2.24, 2.45) is 5.10 Å². The Bertz CT molecular complexity index is 1140. The van der Waals surface area contributed by atoms with E-state index in [1.807, 2.05) is 53.7 Å². The quantitative estimate of drug-likeness (QED) is 0.634. The van der Waals surface area contributed by atoms with Gasteiger partial charge >= 0.3 is 5.69 Å². The van der Waals surface area contributed by atoms with Crippen LogP contribution in [0.15, 0.2) is 69.5 Å². The minimum atomic E-state index is -0.666. The van der Waals surface area contributed by atoms with Gasteiger partial charge in [0.05, 0.1) is 18.8 Å². The maximum absolute atomic E-state index is 12.3. The van der Waals surface area contributed by atoms with Gasteiger partial charge in [0.15, 0.2) is 0 Å². The summed E-state index contributed by atoms with van der Waals surface area (Å²) in [6.45, 7) is 0.879. The standard InChI is InChI=1S/C22H23N5O3/c28-20-18(21(29)26(22(30)25-20)15-16-7-2-1-3-8-16)14-24-27-12-5-4-10-19(27)17-9-6-11-23-13-17/h1-3,6-9,11,13-14,19,29H,4-5,10,12,15H2,(H,25,28,30)/b24-14+. The molecular weight excluding hydrogens is 382 g/mol. The number of piperidine rings is 1. The summed E-state index contributed by atoms with van der Waals surface area (Å²) in [5, 5.41) is 17.1. The van der Waals surface area contributed by atoms with E-state index < -0.39 is 17.1 Å². The van der Waals surface area contributed by atoms with Crippen LogP contribution in [0.5, 0.6) is 5.88 Å². The Morgan fingerprint density at radius 2 is 2.00 bits per heavy atom. The number of aromatic amines is 1. The van der Waals surface area contributed by atoms with Crippen molar-refractivity contribution in [3.8, 4) is 5.88 Å². The van der Waals surface area contributed by atoms with Crippen molar-refractivity contribution < 1.29 is 5.11 Å². The smallest absolute Gasteiger partial charge is 0.331 e. The molecule has 1 saturated heterocycles. The lowest BCUT2D eigenvalue weighted by atomic mass is 9.98. The lowest BCUT2D eigenvalue weighted by Crippen LogP contribution is -2.33. The van der Waals surface area contributed by atoms with E-state index in [0.717, 1.165) is 41.5 Å². The highest BCUT2D eigenvalue weighted by molar-refractivity contribution is 5.81. The monoisotopic (exact) mass is 405 g/mol. The number of H-pyrrole nitrogens is 1. The number of benzene rings is 1. The van der Waals surface area contributed by atoms with Gasteiger partial charge in [0.1, 0.15) is 5.56 Å². The third-order valence-corrected chi connectivity index (χ3v) is 5.27. The van der Waals surface area contributed by atoms with Gasteiger partial charge in [-0.2, -0.15) is 5.10 Å². The molecule has 0 saturated carbocycles. The van der Waals surface area contributed by atoms with Gasteiger partial charge < -0.3 is 5.11 Å². The molecule has 1 aromatic carbocycles. The molecule has 1 aliphatic rings. The first-order valence-corrected chi connectivity index (χ1v) is 9.94. The van der Waals surface area contributed by atoms with Gasteiger partial charge in [-0.15, -0.1) is 0 Å². The third-order valence-electron chi connectivity index (χ3n) is 5.27. The largest absolute Gasteiger partial charge is 0.494 e. The van der Waals surface area contributed by atoms with Gasteiger partial charge in [-0.25, -0.2) is 4.79 Å². The van der Waals surface area contributed by atoms with Crippen LogP contribution in [-0.2, 0) is 6.54 Å². The normalized spacial score (nSPS) is 16.8. The molecule has 8 nitrogen and oxygen atoms in total. The van der Waals surface area contributed by atoms with Crippen LogP contribution < -0.4 is 11.2 Å². The number of nitrogens with one attached hydrogen (secondary N) is 1. The number of nitrogens with zero attached hydrogens (tertiary/aromatic N) is 4. The third kappa shape index (κ3) is 4.17. The average Bonchev–Trinajstić information content (AvgIpc) is 2.78. The first-order chi connectivity index (χ1) is 14.6. The SMILES string of the molecule is O=c1[nH]c(=O)n(Cc2ccccc2)c(O)c1/C=N/N1CCCCC1c1cccnc1. The summed E-state index contributed by atoms with van der Waals surface area (Å²) in [6.07, 6.45) is 7.89. The summed E-state index contributed by atoms with van der Waals surface area (Å²) < 4.78 is 1.13. The molecule has 1 fully saturated rings. The van der Waals surface area contributed by atoms with Gasteiger partial charge in [0.2, 0.25) is 5.88 Å². The zero-order valence-corrected chi connectivity index (χ0v) is 16.4. The topological polar surface area (TPSA) is 104 Å². The van der Waals surface area contributed by atoms with Crippen molar-refractivity contribution in [3.05, 3.63) is 92.4 Å². The molecule has 0 amide bonds. The van der Waals surface area contributed by atoms with Gasteiger partial charge in [-0.05, 0) is 36.5 Å². The highest BCUT2D eigenvalue weighted by Crippen LogP contribution is 2.30. The van der Waals surface area contributed by atoms with Crippen molar-refractivity contribution in [2.75, 3.05) is 6.54 Å². The van der Waals surface area contributed by atoms with E-state index in [4.69, 9.17) is 0 Å². The summed E-state index contributed by atoms with van der Waals surface area (Å²) in [5.41, 5.74) is 0.519. The second-order valence-electron chi connectivity index (χ2n) is 7.27. The van der Waals surface area contributed by atoms with E-state index in [9.17, 15) is 14.7 Å². The van der Waals surface area contributed by atoms with Crippen LogP contribution in [0.1, 0.15) is 42.0 Å². The van der Waals surface area contributed by atoms with E-state index in [2.05, 4.69) is 15.1 Å². The van der Waals surface area contributed by atoms with E-state index in [-0.39, 0.29) is 18.2 Å². The average molecular weight is 405 g/mol. The number of hydrazone groups is 1. The molecule has 30 heavy (non-hydrogen) atoms. The van der Waals surface area contributed by atoms with Crippen molar-refractivity contribution in [3.63, 3.8) is 0 Å². The van der Waals surface area contributed by atoms with Crippen LogP contribution in [0.25, 0.3) is 0 Å². The molecule has 0 bridgehead atoms. The van der Waals surface area contributed by atoms with E-state index in [1.165, 1.54) is 6.21 Å². The number of aromatic hydroxyl groups is 1. The van der Waals surface area contributed by atoms with Gasteiger partial charge in [-0.3, -0.25) is 24.3 Å².